The van der Waals surface area contributed by atoms with Crippen molar-refractivity contribution in [2.24, 2.45) is 35.3 Å². The molecule has 1 aliphatic rings. The molecule has 1 aliphatic carbocycles. The molecule has 8 rings (SSSR count). The number of aryl methyl sites for hydroxylation is 2. The van der Waals surface area contributed by atoms with Gasteiger partial charge in [0, 0.05) is 0 Å². The van der Waals surface area contributed by atoms with Crippen molar-refractivity contribution in [3.05, 3.63) is 151 Å². The van der Waals surface area contributed by atoms with Crippen LogP contribution in [0.15, 0.2) is 146 Å². The van der Waals surface area contributed by atoms with E-state index < -0.39 is 105 Å². The van der Waals surface area contributed by atoms with Gasteiger partial charge in [0.25, 0.3) is 0 Å². The van der Waals surface area contributed by atoms with Gasteiger partial charge in [-0.3, -0.25) is 20.2 Å². The number of aromatic amines is 4. The first kappa shape index (κ1) is 68.3. The van der Waals surface area contributed by atoms with Crippen LogP contribution in [0.2, 0.25) is 10.6 Å². The molecule has 80 heavy (non-hydrogen) atoms. The number of allylic oxidation sites excluding steroid dienone is 1. The van der Waals surface area contributed by atoms with Crippen molar-refractivity contribution in [2.75, 3.05) is 11.2 Å². The summed E-state index contributed by atoms with van der Waals surface area (Å²) in [5.74, 6) is -1.60. The Morgan fingerprint density at radius 2 is 1.04 bits per heavy atom. The van der Waals surface area contributed by atoms with Gasteiger partial charge in [0.1, 0.15) is 57.6 Å². The van der Waals surface area contributed by atoms with Crippen LogP contribution in [0.1, 0.15) is 27.0 Å². The van der Waals surface area contributed by atoms with E-state index in [1.165, 1.54) is 0 Å². The van der Waals surface area contributed by atoms with E-state index in [4.69, 9.17) is 28.9 Å². The van der Waals surface area contributed by atoms with Gasteiger partial charge in [-0.15, -0.1) is 10.2 Å². The fraction of sp³-hybridized carbons (Fsp3) is 0.0476. The molecule has 0 saturated heterocycles. The average molecular weight is 1240 g/mol. The predicted molar refractivity (Wildman–Crippen MR) is 264 cm³/mol. The fourth-order valence-electron chi connectivity index (χ4n) is 6.91. The Balaban J connectivity index is 0.00000344. The van der Waals surface area contributed by atoms with Crippen molar-refractivity contribution in [2.45, 2.75) is 28.5 Å². The first-order chi connectivity index (χ1) is 35.6. The molecule has 0 saturated carbocycles. The molecule has 0 fully saturated rings. The number of carbonyl (C=O) groups excluding carboxylic acids is 1. The molecule has 2 aromatic heterocycles. The number of hydrazone groups is 1. The number of hydrogen-bond acceptors (Lipinski definition) is 24. The number of aromatic nitrogens is 6. The van der Waals surface area contributed by atoms with Crippen molar-refractivity contribution in [1.29, 1.82) is 0 Å². The molecule has 0 aliphatic heterocycles. The van der Waals surface area contributed by atoms with Crippen LogP contribution in [0.25, 0.3) is 6.08 Å². The Kier molecular flexibility index (Phi) is 23.5. The summed E-state index contributed by atoms with van der Waals surface area (Å²) in [6.45, 7) is 3.59. The summed E-state index contributed by atoms with van der Waals surface area (Å²) in [6.07, 6.45) is 0.408. The summed E-state index contributed by atoms with van der Waals surface area (Å²) in [5.41, 5.74) is 3.47. The third-order valence-electron chi connectivity index (χ3n) is 10.3. The number of fused-ring (bicyclic) bond motifs is 1. The molecule has 7 aromatic rings. The number of carbonyl (C=O) groups is 1. The van der Waals surface area contributed by atoms with Gasteiger partial charge < -0.3 is 33.9 Å². The zero-order valence-electron chi connectivity index (χ0n) is 42.0. The van der Waals surface area contributed by atoms with Gasteiger partial charge in [-0.2, -0.15) is 15.1 Å². The average Bonchev–Trinajstić information content (AvgIpc) is 3.30. The van der Waals surface area contributed by atoms with Crippen LogP contribution >= 0.6 is 23.2 Å². The maximum atomic E-state index is 14.3. The number of anilines is 2. The molecule has 0 atom stereocenters. The molecule has 0 amide bonds. The summed E-state index contributed by atoms with van der Waals surface area (Å²) in [5, 5.41) is 10.6. The molecule has 2 heterocycles. The minimum absolute atomic E-state index is 0. The largest absolute Gasteiger partial charge is 1.00 e. The van der Waals surface area contributed by atoms with Gasteiger partial charge in [0.2, 0.25) is 38.8 Å². The van der Waals surface area contributed by atoms with Crippen LogP contribution < -0.4 is 152 Å². The monoisotopic (exact) mass is 1240 g/mol. The molecule has 392 valence electrons. The number of nitrogens with two attached hydrogens (primary N) is 1. The number of halogens is 2. The molecule has 0 radical (unpaired) electrons. The Bertz CT molecular complexity index is 4520. The van der Waals surface area contributed by atoms with E-state index >= 15 is 0 Å². The Labute approximate surface area is 550 Å². The maximum absolute atomic E-state index is 14.3. The number of Topliss-reactive ketones (excluding diaryl/α,β-unsaturated/α-hetero) is 1. The zero-order valence-corrected chi connectivity index (χ0v) is 54.8. The first-order valence-electron chi connectivity index (χ1n) is 20.8. The quantitative estimate of drug-likeness (QED) is 0.0218. The standard InChI is InChI=1S/C42H33Cl2N15O13S4.4Na/c1-19-7-3-5-9-24(19)48-41-52-37(43)50-39(54-41)46-22-11-13-28(73(61,62)63)26(17-22)56-58-34-30(75(67,68)69)15-21-16-31(76(70,71)72)35(36(60)32(21)33(34)45)59-57-27-18-23(12-14-29(27)74(64,65)66)47-40-51-38(44)53-42(55-40)49-25-10-6-4-8-20(25)2;;;;/h3-18,57H,45H2,1-2H3,(H,61,62,63)(H,64,65,66)(H,67,68,69)(H,70,71,72)(H2,46,48,50,52,54)(H2,47,49,51,53,55);;;;/q;4*+1/p-4/b58-56?,59-35-;;;;. The minimum Gasteiger partial charge on any atom is -0.744 e. The van der Waals surface area contributed by atoms with Crippen molar-refractivity contribution in [1.82, 2.24) is 29.9 Å². The molecule has 28 nitrogen and oxygen atoms in total. The first-order valence-corrected chi connectivity index (χ1v) is 27.1. The molecular weight excluding hydrogens is 1210 g/mol. The topological polar surface area (TPSA) is 459 Å². The number of hydrogen-bond donors (Lipinski definition) is 6. The smallest absolute Gasteiger partial charge is 0.744 e. The Hall–Kier alpha value is -4.18. The number of nitrogen functional groups attached to an aromatic ring is 1. The van der Waals surface area contributed by atoms with E-state index in [2.05, 4.69) is 70.6 Å². The van der Waals surface area contributed by atoms with Gasteiger partial charge in [-0.05, 0) is 114 Å². The van der Waals surface area contributed by atoms with Crippen LogP contribution in [-0.4, -0.2) is 93.3 Å². The fourth-order valence-corrected chi connectivity index (χ4v) is 9.76. The predicted octanol–water partition coefficient (Wildman–Crippen LogP) is -8.08. The molecule has 0 bridgehead atoms. The third kappa shape index (κ3) is 16.5. The van der Waals surface area contributed by atoms with E-state index in [0.29, 0.717) is 23.5 Å². The second-order valence-corrected chi connectivity index (χ2v) is 21.6. The van der Waals surface area contributed by atoms with Crippen LogP contribution in [-0.2, 0) is 40.5 Å². The zero-order chi connectivity index (χ0) is 55.1. The van der Waals surface area contributed by atoms with E-state index in [-0.39, 0.29) is 163 Å². The summed E-state index contributed by atoms with van der Waals surface area (Å²) >= 11 is 12.3. The van der Waals surface area contributed by atoms with Crippen molar-refractivity contribution in [3.8, 4) is 0 Å². The van der Waals surface area contributed by atoms with Gasteiger partial charge in [-0.25, -0.2) is 53.6 Å². The molecule has 0 unspecified atom stereocenters. The molecule has 7 N–H and O–H groups in total. The summed E-state index contributed by atoms with van der Waals surface area (Å²) in [4.78, 5) is 45.6. The van der Waals surface area contributed by atoms with Crippen LogP contribution in [0.4, 0.5) is 45.5 Å². The number of H-pyrrole nitrogens is 4. The second kappa shape index (κ2) is 27.5. The number of rotatable bonds is 12. The number of para-hydroxylation sites is 2. The van der Waals surface area contributed by atoms with E-state index in [9.17, 15) is 56.7 Å². The number of nitrogens with one attached hydrogen (secondary N) is 5. The second-order valence-electron chi connectivity index (χ2n) is 15.5. The minimum atomic E-state index is -5.80. The van der Waals surface area contributed by atoms with E-state index in [0.717, 1.165) is 47.5 Å². The van der Waals surface area contributed by atoms with Gasteiger partial charge >= 0.3 is 118 Å². The number of azo groups is 1. The third-order valence-corrected chi connectivity index (χ3v) is 14.1. The molecule has 5 aromatic carbocycles. The summed E-state index contributed by atoms with van der Waals surface area (Å²) < 4.78 is 151. The van der Waals surface area contributed by atoms with Gasteiger partial charge in [-0.1, -0.05) is 36.4 Å². The van der Waals surface area contributed by atoms with E-state index in [1.807, 2.05) is 0 Å². The SMILES string of the molecule is Cc1ccccc1N=c1[nH]c(Cl)nc(=Nc2ccc(S(=O)(=O)[O-])c(N=Nc3c(S(=O)(=O)[O-])cc4c(c3N)C(=O)/C(=N\Nc3cc(N=c5nc(Cl)[nH]c(=Nc6ccccc6C)[nH]5)ccc3S(=O)(=O)[O-])C(S(=O)(=O)[O-])=C4)c2)[nH]1.[Na+].[Na+].[Na+].[Na+]. The summed E-state index contributed by atoms with van der Waals surface area (Å²) in [6, 6.07) is 19.8. The summed E-state index contributed by atoms with van der Waals surface area (Å²) in [7, 11) is -22.4. The molecule has 38 heteroatoms. The van der Waals surface area contributed by atoms with Crippen molar-refractivity contribution < 1.29 is 175 Å². The van der Waals surface area contributed by atoms with Crippen molar-refractivity contribution >= 4 is 127 Å². The van der Waals surface area contributed by atoms with Crippen LogP contribution in [0.5, 0.6) is 0 Å². The van der Waals surface area contributed by atoms with Crippen LogP contribution in [0, 0.1) is 13.8 Å². The van der Waals surface area contributed by atoms with Gasteiger partial charge in [0.05, 0.1) is 59.3 Å². The number of benzene rings is 5. The normalized spacial score (nSPS) is 14.2. The Morgan fingerprint density at radius 1 is 0.562 bits per heavy atom. The molecule has 0 spiro atoms. The van der Waals surface area contributed by atoms with Gasteiger partial charge in [0.15, 0.2) is 0 Å². The number of nitrogens with zero attached hydrogens (tertiary/aromatic N) is 9. The Morgan fingerprint density at radius 3 is 1.51 bits per heavy atom. The molecular formula is C42H29Cl2N15Na4O13S4. The van der Waals surface area contributed by atoms with E-state index in [1.54, 1.807) is 62.4 Å². The van der Waals surface area contributed by atoms with Crippen molar-refractivity contribution in [3.63, 3.8) is 0 Å². The number of ketones is 1. The maximum Gasteiger partial charge on any atom is 1.00 e. The van der Waals surface area contributed by atoms with Crippen LogP contribution in [0.3, 0.4) is 0 Å².